The van der Waals surface area contributed by atoms with E-state index in [1.807, 2.05) is 30.3 Å². The minimum absolute atomic E-state index is 0.168. The maximum Gasteiger partial charge on any atom is 0.338 e. The summed E-state index contributed by atoms with van der Waals surface area (Å²) in [6.45, 7) is 2.17. The zero-order valence-corrected chi connectivity index (χ0v) is 12.9. The van der Waals surface area contributed by atoms with Gasteiger partial charge >= 0.3 is 5.97 Å². The van der Waals surface area contributed by atoms with Crippen LogP contribution in [0.1, 0.15) is 38.2 Å². The van der Waals surface area contributed by atoms with Gasteiger partial charge < -0.3 is 19.7 Å². The minimum Gasteiger partial charge on any atom is -0.464 e. The molecule has 0 aromatic heterocycles. The van der Waals surface area contributed by atoms with Gasteiger partial charge in [-0.1, -0.05) is 43.2 Å². The van der Waals surface area contributed by atoms with Gasteiger partial charge in [0.05, 0.1) is 19.3 Å². The van der Waals surface area contributed by atoms with Gasteiger partial charge in [0, 0.05) is 0 Å². The van der Waals surface area contributed by atoms with Crippen molar-refractivity contribution >= 4 is 5.97 Å². The molecule has 0 heterocycles. The lowest BCUT2D eigenvalue weighted by molar-refractivity contribution is -0.204. The number of hydrogen-bond donors (Lipinski definition) is 2. The number of aliphatic hydroxyl groups is 2. The van der Waals surface area contributed by atoms with Gasteiger partial charge in [0.25, 0.3) is 0 Å². The van der Waals surface area contributed by atoms with Crippen molar-refractivity contribution in [2.75, 3.05) is 6.61 Å². The zero-order valence-electron chi connectivity index (χ0n) is 12.9. The van der Waals surface area contributed by atoms with E-state index in [9.17, 15) is 15.0 Å². The summed E-state index contributed by atoms with van der Waals surface area (Å²) in [6, 6.07) is 9.62. The van der Waals surface area contributed by atoms with Crippen LogP contribution >= 0.6 is 0 Å². The van der Waals surface area contributed by atoms with E-state index in [2.05, 4.69) is 0 Å². The van der Waals surface area contributed by atoms with Gasteiger partial charge in [-0.3, -0.25) is 0 Å². The van der Waals surface area contributed by atoms with Crippen molar-refractivity contribution in [1.82, 2.24) is 0 Å². The summed E-state index contributed by atoms with van der Waals surface area (Å²) in [5.74, 6) is -0.791. The van der Waals surface area contributed by atoms with Gasteiger partial charge in [-0.05, 0) is 25.3 Å². The number of ether oxygens (including phenoxy) is 2. The van der Waals surface area contributed by atoms with Crippen LogP contribution in [-0.4, -0.2) is 40.6 Å². The molecule has 1 fully saturated rings. The summed E-state index contributed by atoms with van der Waals surface area (Å²) in [5, 5.41) is 21.0. The van der Waals surface area contributed by atoms with E-state index in [0.717, 1.165) is 18.4 Å². The third kappa shape index (κ3) is 3.85. The van der Waals surface area contributed by atoms with Crippen molar-refractivity contribution < 1.29 is 24.5 Å². The standard InChI is InChI=1S/C17H24O5/c1-2-21-16(19)15(18)17(20)11-7-6-10-14(17)22-12-13-8-4-3-5-9-13/h3-5,8-9,14-15,18,20H,2,6-7,10-12H2,1H3/t14?,15-,17+/m0/s1. The Hall–Kier alpha value is -1.43. The fourth-order valence-corrected chi connectivity index (χ4v) is 2.89. The van der Waals surface area contributed by atoms with Crippen molar-refractivity contribution in [2.24, 2.45) is 0 Å². The third-order valence-electron chi connectivity index (χ3n) is 4.13. The van der Waals surface area contributed by atoms with Crippen LogP contribution in [-0.2, 0) is 20.9 Å². The number of benzene rings is 1. The molecule has 22 heavy (non-hydrogen) atoms. The predicted molar refractivity (Wildman–Crippen MR) is 81.1 cm³/mol. The van der Waals surface area contributed by atoms with Crippen molar-refractivity contribution in [3.05, 3.63) is 35.9 Å². The van der Waals surface area contributed by atoms with Gasteiger partial charge in [0.1, 0.15) is 5.60 Å². The van der Waals surface area contributed by atoms with E-state index < -0.39 is 23.8 Å². The van der Waals surface area contributed by atoms with Crippen molar-refractivity contribution in [3.8, 4) is 0 Å². The Balaban J connectivity index is 2.04. The highest BCUT2D eigenvalue weighted by Gasteiger charge is 2.49. The van der Waals surface area contributed by atoms with Crippen LogP contribution in [0.5, 0.6) is 0 Å². The second-order valence-corrected chi connectivity index (χ2v) is 5.68. The van der Waals surface area contributed by atoms with Gasteiger partial charge in [-0.2, -0.15) is 0 Å². The largest absolute Gasteiger partial charge is 0.464 e. The molecule has 5 nitrogen and oxygen atoms in total. The van der Waals surface area contributed by atoms with Gasteiger partial charge in [-0.15, -0.1) is 0 Å². The number of esters is 1. The SMILES string of the molecule is CCOC(=O)[C@H](O)[C@@]1(O)CCCCC1OCc1ccccc1. The Morgan fingerprint density at radius 1 is 1.36 bits per heavy atom. The molecule has 0 aliphatic heterocycles. The quantitative estimate of drug-likeness (QED) is 0.784. The first-order valence-electron chi connectivity index (χ1n) is 7.80. The highest BCUT2D eigenvalue weighted by molar-refractivity contribution is 5.76. The minimum atomic E-state index is -1.58. The van der Waals surface area contributed by atoms with Crippen LogP contribution < -0.4 is 0 Å². The van der Waals surface area contributed by atoms with E-state index >= 15 is 0 Å². The lowest BCUT2D eigenvalue weighted by Crippen LogP contribution is -2.58. The zero-order chi connectivity index (χ0) is 16.0. The Morgan fingerprint density at radius 3 is 2.77 bits per heavy atom. The van der Waals surface area contributed by atoms with Gasteiger partial charge in [0.15, 0.2) is 6.10 Å². The molecular formula is C17H24O5. The average molecular weight is 308 g/mol. The average Bonchev–Trinajstić information content (AvgIpc) is 2.54. The molecule has 1 aromatic rings. The summed E-state index contributed by atoms with van der Waals surface area (Å²) in [4.78, 5) is 11.8. The first-order valence-corrected chi connectivity index (χ1v) is 7.80. The molecule has 1 aliphatic carbocycles. The number of hydrogen-bond acceptors (Lipinski definition) is 5. The molecule has 2 N–H and O–H groups in total. The molecule has 0 bridgehead atoms. The van der Waals surface area contributed by atoms with Gasteiger partial charge in [-0.25, -0.2) is 4.79 Å². The van der Waals surface area contributed by atoms with E-state index in [0.29, 0.717) is 19.4 Å². The van der Waals surface area contributed by atoms with E-state index in [4.69, 9.17) is 9.47 Å². The normalized spacial score (nSPS) is 26.4. The molecule has 0 radical (unpaired) electrons. The maximum atomic E-state index is 11.8. The molecule has 1 aromatic carbocycles. The van der Waals surface area contributed by atoms with E-state index in [-0.39, 0.29) is 6.61 Å². The van der Waals surface area contributed by atoms with Crippen LogP contribution in [0.15, 0.2) is 30.3 Å². The van der Waals surface area contributed by atoms with Crippen LogP contribution in [0.2, 0.25) is 0 Å². The topological polar surface area (TPSA) is 76.0 Å². The summed E-state index contributed by atoms with van der Waals surface area (Å²) < 4.78 is 10.6. The Bertz CT molecular complexity index is 475. The predicted octanol–water partition coefficient (Wildman–Crippen LogP) is 1.80. The van der Waals surface area contributed by atoms with Crippen molar-refractivity contribution in [2.45, 2.75) is 57.0 Å². The first kappa shape index (κ1) is 16.9. The molecule has 122 valence electrons. The molecule has 0 amide bonds. The smallest absolute Gasteiger partial charge is 0.338 e. The molecular weight excluding hydrogens is 284 g/mol. The molecule has 2 rings (SSSR count). The fourth-order valence-electron chi connectivity index (χ4n) is 2.89. The number of rotatable bonds is 6. The second-order valence-electron chi connectivity index (χ2n) is 5.68. The molecule has 1 unspecified atom stereocenters. The van der Waals surface area contributed by atoms with Crippen LogP contribution in [0.25, 0.3) is 0 Å². The second kappa shape index (κ2) is 7.72. The maximum absolute atomic E-state index is 11.8. The van der Waals surface area contributed by atoms with Crippen LogP contribution in [0, 0.1) is 0 Å². The Labute approximate surface area is 130 Å². The Morgan fingerprint density at radius 2 is 2.09 bits per heavy atom. The summed E-state index contributed by atoms with van der Waals surface area (Å²) in [7, 11) is 0. The molecule has 5 heteroatoms. The highest BCUT2D eigenvalue weighted by Crippen LogP contribution is 2.34. The molecule has 0 spiro atoms. The van der Waals surface area contributed by atoms with E-state index in [1.165, 1.54) is 0 Å². The van der Waals surface area contributed by atoms with Crippen LogP contribution in [0.4, 0.5) is 0 Å². The van der Waals surface area contributed by atoms with Crippen molar-refractivity contribution in [3.63, 3.8) is 0 Å². The lowest BCUT2D eigenvalue weighted by atomic mass is 9.78. The van der Waals surface area contributed by atoms with Crippen molar-refractivity contribution in [1.29, 1.82) is 0 Å². The fraction of sp³-hybridized carbons (Fsp3) is 0.588. The number of carbonyl (C=O) groups excluding carboxylic acids is 1. The number of aliphatic hydroxyl groups excluding tert-OH is 1. The first-order chi connectivity index (χ1) is 10.6. The highest BCUT2D eigenvalue weighted by atomic mass is 16.6. The molecule has 1 aliphatic rings. The number of carbonyl (C=O) groups is 1. The molecule has 3 atom stereocenters. The lowest BCUT2D eigenvalue weighted by Gasteiger charge is -2.41. The summed E-state index contributed by atoms with van der Waals surface area (Å²) in [6.07, 6.45) is 0.427. The summed E-state index contributed by atoms with van der Waals surface area (Å²) in [5.41, 5.74) is -0.597. The van der Waals surface area contributed by atoms with Gasteiger partial charge in [0.2, 0.25) is 0 Å². The third-order valence-corrected chi connectivity index (χ3v) is 4.13. The monoisotopic (exact) mass is 308 g/mol. The summed E-state index contributed by atoms with van der Waals surface area (Å²) >= 11 is 0. The van der Waals surface area contributed by atoms with Crippen LogP contribution in [0.3, 0.4) is 0 Å². The molecule has 0 saturated heterocycles. The van der Waals surface area contributed by atoms with E-state index in [1.54, 1.807) is 6.92 Å². The molecule has 1 saturated carbocycles. The Kier molecular flexibility index (Phi) is 5.94.